The predicted octanol–water partition coefficient (Wildman–Crippen LogP) is 3.31. The second-order valence-electron chi connectivity index (χ2n) is 4.92. The third kappa shape index (κ3) is 9.26. The number of hydrogen-bond donors (Lipinski definition) is 2. The molecule has 1 aromatic rings. The molecule has 1 amide bonds. The molecule has 0 radical (unpaired) electrons. The SMILES string of the molecule is CCN(CC)Cc1cccc(NC(=O)CCCNC)c1.Cl.Cl. The van der Waals surface area contributed by atoms with Gasteiger partial charge in [-0.1, -0.05) is 26.0 Å². The van der Waals surface area contributed by atoms with Crippen molar-refractivity contribution in [1.82, 2.24) is 10.2 Å². The van der Waals surface area contributed by atoms with Crippen molar-refractivity contribution in [1.29, 1.82) is 0 Å². The number of nitrogens with zero attached hydrogens (tertiary/aromatic N) is 1. The first-order chi connectivity index (χ1) is 9.69. The summed E-state index contributed by atoms with van der Waals surface area (Å²) in [5, 5.41) is 6.01. The van der Waals surface area contributed by atoms with Gasteiger partial charge in [-0.25, -0.2) is 0 Å². The smallest absolute Gasteiger partial charge is 0.224 e. The van der Waals surface area contributed by atoms with E-state index in [1.54, 1.807) is 0 Å². The van der Waals surface area contributed by atoms with Crippen LogP contribution in [0.5, 0.6) is 0 Å². The molecular formula is C16H29Cl2N3O. The van der Waals surface area contributed by atoms with Crippen LogP contribution < -0.4 is 10.6 Å². The van der Waals surface area contributed by atoms with Crippen LogP contribution in [0, 0.1) is 0 Å². The first-order valence-corrected chi connectivity index (χ1v) is 7.45. The molecule has 0 saturated carbocycles. The van der Waals surface area contributed by atoms with Gasteiger partial charge in [-0.2, -0.15) is 0 Å². The molecule has 0 bridgehead atoms. The highest BCUT2D eigenvalue weighted by Gasteiger charge is 2.04. The number of nitrogens with one attached hydrogen (secondary N) is 2. The molecule has 0 aliphatic heterocycles. The van der Waals surface area contributed by atoms with Crippen molar-refractivity contribution in [2.75, 3.05) is 32.0 Å². The standard InChI is InChI=1S/C16H27N3O.2ClH/c1-4-19(5-2)13-14-8-6-9-15(12-14)18-16(20)10-7-11-17-3;;/h6,8-9,12,17H,4-5,7,10-11,13H2,1-3H3,(H,18,20);2*1H. The summed E-state index contributed by atoms with van der Waals surface area (Å²) in [6.45, 7) is 8.20. The molecule has 0 aromatic heterocycles. The Kier molecular flexibility index (Phi) is 14.7. The third-order valence-corrected chi connectivity index (χ3v) is 3.34. The molecule has 0 aliphatic rings. The van der Waals surface area contributed by atoms with Crippen molar-refractivity contribution in [3.05, 3.63) is 29.8 Å². The topological polar surface area (TPSA) is 44.4 Å². The van der Waals surface area contributed by atoms with Crippen LogP contribution in [0.4, 0.5) is 5.69 Å². The van der Waals surface area contributed by atoms with Gasteiger partial charge in [0.15, 0.2) is 0 Å². The number of carbonyl (C=O) groups excluding carboxylic acids is 1. The Morgan fingerprint density at radius 1 is 1.18 bits per heavy atom. The highest BCUT2D eigenvalue weighted by molar-refractivity contribution is 5.90. The maximum Gasteiger partial charge on any atom is 0.224 e. The first-order valence-electron chi connectivity index (χ1n) is 7.45. The predicted molar refractivity (Wildman–Crippen MR) is 99.4 cm³/mol. The quantitative estimate of drug-likeness (QED) is 0.672. The van der Waals surface area contributed by atoms with Gasteiger partial charge in [0.2, 0.25) is 5.91 Å². The van der Waals surface area contributed by atoms with Crippen molar-refractivity contribution in [3.63, 3.8) is 0 Å². The summed E-state index contributed by atoms with van der Waals surface area (Å²) in [4.78, 5) is 14.1. The number of carbonyl (C=O) groups is 1. The highest BCUT2D eigenvalue weighted by atomic mass is 35.5. The fourth-order valence-corrected chi connectivity index (χ4v) is 2.10. The third-order valence-electron chi connectivity index (χ3n) is 3.34. The molecule has 2 N–H and O–H groups in total. The zero-order valence-electron chi connectivity index (χ0n) is 13.7. The zero-order chi connectivity index (χ0) is 14.8. The van der Waals surface area contributed by atoms with Crippen molar-refractivity contribution < 1.29 is 4.79 Å². The molecule has 128 valence electrons. The summed E-state index contributed by atoms with van der Waals surface area (Å²) in [6, 6.07) is 8.12. The van der Waals surface area contributed by atoms with Gasteiger partial charge in [-0.3, -0.25) is 9.69 Å². The molecule has 0 fully saturated rings. The summed E-state index contributed by atoms with van der Waals surface area (Å²) in [7, 11) is 1.90. The molecule has 22 heavy (non-hydrogen) atoms. The lowest BCUT2D eigenvalue weighted by Crippen LogP contribution is -2.22. The number of rotatable bonds is 9. The van der Waals surface area contributed by atoms with Crippen LogP contribution in [-0.2, 0) is 11.3 Å². The lowest BCUT2D eigenvalue weighted by molar-refractivity contribution is -0.116. The van der Waals surface area contributed by atoms with E-state index in [0.717, 1.165) is 38.3 Å². The van der Waals surface area contributed by atoms with Gasteiger partial charge >= 0.3 is 0 Å². The van der Waals surface area contributed by atoms with E-state index in [2.05, 4.69) is 41.5 Å². The van der Waals surface area contributed by atoms with Gasteiger partial charge in [-0.05, 0) is 50.8 Å². The number of hydrogen-bond acceptors (Lipinski definition) is 3. The normalized spacial score (nSPS) is 9.82. The van der Waals surface area contributed by atoms with Crippen LogP contribution in [0.15, 0.2) is 24.3 Å². The van der Waals surface area contributed by atoms with Gasteiger partial charge in [-0.15, -0.1) is 24.8 Å². The molecule has 4 nitrogen and oxygen atoms in total. The Morgan fingerprint density at radius 3 is 2.45 bits per heavy atom. The van der Waals surface area contributed by atoms with Gasteiger partial charge in [0.05, 0.1) is 0 Å². The molecule has 1 rings (SSSR count). The number of benzene rings is 1. The van der Waals surface area contributed by atoms with E-state index in [1.165, 1.54) is 5.56 Å². The minimum atomic E-state index is 0. The lowest BCUT2D eigenvalue weighted by atomic mass is 10.2. The molecule has 1 aromatic carbocycles. The second-order valence-corrected chi connectivity index (χ2v) is 4.92. The first kappa shape index (κ1) is 23.5. The fraction of sp³-hybridized carbons (Fsp3) is 0.562. The van der Waals surface area contributed by atoms with Crippen LogP contribution in [0.1, 0.15) is 32.3 Å². The molecule has 0 spiro atoms. The fourth-order valence-electron chi connectivity index (χ4n) is 2.10. The van der Waals surface area contributed by atoms with Crippen LogP contribution in [0.25, 0.3) is 0 Å². The number of halogens is 2. The Hall–Kier alpha value is -0.810. The maximum atomic E-state index is 11.8. The average molecular weight is 350 g/mol. The monoisotopic (exact) mass is 349 g/mol. The van der Waals surface area contributed by atoms with Crippen molar-refractivity contribution >= 4 is 36.4 Å². The molecule has 0 unspecified atom stereocenters. The second kappa shape index (κ2) is 13.8. The van der Waals surface area contributed by atoms with Crippen molar-refractivity contribution in [3.8, 4) is 0 Å². The van der Waals surface area contributed by atoms with Gasteiger partial charge < -0.3 is 10.6 Å². The summed E-state index contributed by atoms with van der Waals surface area (Å²) in [6.07, 6.45) is 1.42. The van der Waals surface area contributed by atoms with E-state index in [9.17, 15) is 4.79 Å². The van der Waals surface area contributed by atoms with E-state index >= 15 is 0 Å². The summed E-state index contributed by atoms with van der Waals surface area (Å²) < 4.78 is 0. The maximum absolute atomic E-state index is 11.8. The van der Waals surface area contributed by atoms with Crippen LogP contribution in [-0.4, -0.2) is 37.5 Å². The van der Waals surface area contributed by atoms with E-state index in [4.69, 9.17) is 0 Å². The zero-order valence-corrected chi connectivity index (χ0v) is 15.4. The summed E-state index contributed by atoms with van der Waals surface area (Å²) in [5.74, 6) is 0.0836. The van der Waals surface area contributed by atoms with E-state index in [0.29, 0.717) is 6.42 Å². The highest BCUT2D eigenvalue weighted by Crippen LogP contribution is 2.13. The van der Waals surface area contributed by atoms with E-state index in [-0.39, 0.29) is 30.7 Å². The molecule has 0 aliphatic carbocycles. The minimum Gasteiger partial charge on any atom is -0.326 e. The van der Waals surface area contributed by atoms with Gasteiger partial charge in [0.25, 0.3) is 0 Å². The molecule has 0 heterocycles. The van der Waals surface area contributed by atoms with Crippen molar-refractivity contribution in [2.24, 2.45) is 0 Å². The Labute approximate surface area is 146 Å². The molecular weight excluding hydrogens is 321 g/mol. The van der Waals surface area contributed by atoms with Crippen LogP contribution in [0.2, 0.25) is 0 Å². The summed E-state index contributed by atoms with van der Waals surface area (Å²) in [5.41, 5.74) is 2.13. The number of anilines is 1. The molecule has 0 atom stereocenters. The van der Waals surface area contributed by atoms with E-state index < -0.39 is 0 Å². The average Bonchev–Trinajstić information content (AvgIpc) is 2.45. The Balaban J connectivity index is 0. The van der Waals surface area contributed by atoms with Gasteiger partial charge in [0, 0.05) is 18.7 Å². The molecule has 0 saturated heterocycles. The number of amides is 1. The Morgan fingerprint density at radius 2 is 1.86 bits per heavy atom. The molecule has 6 heteroatoms. The lowest BCUT2D eigenvalue weighted by Gasteiger charge is -2.18. The van der Waals surface area contributed by atoms with Crippen LogP contribution >= 0.6 is 24.8 Å². The van der Waals surface area contributed by atoms with Crippen molar-refractivity contribution in [2.45, 2.75) is 33.2 Å². The largest absolute Gasteiger partial charge is 0.326 e. The van der Waals surface area contributed by atoms with E-state index in [1.807, 2.05) is 19.2 Å². The van der Waals surface area contributed by atoms with Gasteiger partial charge in [0.1, 0.15) is 0 Å². The summed E-state index contributed by atoms with van der Waals surface area (Å²) >= 11 is 0. The Bertz CT molecular complexity index is 412. The minimum absolute atomic E-state index is 0. The van der Waals surface area contributed by atoms with Crippen LogP contribution in [0.3, 0.4) is 0 Å².